The zero-order chi connectivity index (χ0) is 11.6. The minimum absolute atomic E-state index is 0.332. The van der Waals surface area contributed by atoms with Crippen LogP contribution in [0.5, 0.6) is 0 Å². The second kappa shape index (κ2) is 4.26. The molecular formula is C12H15NO2. The number of hydrogen-bond acceptors (Lipinski definition) is 2. The largest absolute Gasteiger partial charge is 0.309 e. The Labute approximate surface area is 89.7 Å². The molecule has 0 unspecified atom stereocenters. The minimum atomic E-state index is -0.523. The van der Waals surface area contributed by atoms with Crippen molar-refractivity contribution >= 4 is 17.9 Å². The Morgan fingerprint density at radius 1 is 1.20 bits per heavy atom. The Bertz CT molecular complexity index is 387. The van der Waals surface area contributed by atoms with Gasteiger partial charge in [0.25, 0.3) is 5.91 Å². The molecule has 0 atom stereocenters. The van der Waals surface area contributed by atoms with Crippen molar-refractivity contribution in [1.29, 1.82) is 0 Å². The number of rotatable bonds is 2. The quantitative estimate of drug-likeness (QED) is 0.545. The van der Waals surface area contributed by atoms with Crippen molar-refractivity contribution in [1.82, 2.24) is 0 Å². The van der Waals surface area contributed by atoms with E-state index in [1.165, 1.54) is 4.90 Å². The third kappa shape index (κ3) is 2.24. The second-order valence-corrected chi connectivity index (χ2v) is 3.76. The summed E-state index contributed by atoms with van der Waals surface area (Å²) in [5.41, 5.74) is 3.98. The topological polar surface area (TPSA) is 37.4 Å². The summed E-state index contributed by atoms with van der Waals surface area (Å²) in [4.78, 5) is 23.1. The Hall–Kier alpha value is -1.64. The lowest BCUT2D eigenvalue weighted by atomic mass is 10.0. The number of benzene rings is 1. The van der Waals surface area contributed by atoms with Crippen LogP contribution >= 0.6 is 0 Å². The fourth-order valence-corrected chi connectivity index (χ4v) is 1.89. The number of likely N-dealkylation sites (N-methyl/N-ethyl adjacent to an activating group) is 1. The number of carbonyl (C=O) groups excluding carboxylic acids is 2. The first-order valence-corrected chi connectivity index (χ1v) is 4.78. The number of amides is 1. The van der Waals surface area contributed by atoms with Gasteiger partial charge in [0.1, 0.15) is 0 Å². The summed E-state index contributed by atoms with van der Waals surface area (Å²) < 4.78 is 0. The first kappa shape index (κ1) is 11.4. The van der Waals surface area contributed by atoms with Gasteiger partial charge >= 0.3 is 0 Å². The monoisotopic (exact) mass is 205 g/mol. The van der Waals surface area contributed by atoms with Gasteiger partial charge < -0.3 is 4.90 Å². The van der Waals surface area contributed by atoms with Gasteiger partial charge in [-0.15, -0.1) is 0 Å². The van der Waals surface area contributed by atoms with Crippen LogP contribution < -0.4 is 4.90 Å². The molecule has 0 fully saturated rings. The molecule has 80 valence electrons. The predicted octanol–water partition coefficient (Wildman–Crippen LogP) is 1.77. The van der Waals surface area contributed by atoms with Gasteiger partial charge in [0, 0.05) is 12.7 Å². The minimum Gasteiger partial charge on any atom is -0.309 e. The zero-order valence-electron chi connectivity index (χ0n) is 9.50. The van der Waals surface area contributed by atoms with Crippen molar-refractivity contribution in [3.05, 3.63) is 28.8 Å². The molecule has 0 radical (unpaired) electrons. The summed E-state index contributed by atoms with van der Waals surface area (Å²) in [5.74, 6) is -0.523. The molecule has 15 heavy (non-hydrogen) atoms. The van der Waals surface area contributed by atoms with Crippen LogP contribution in [-0.2, 0) is 9.59 Å². The third-order valence-electron chi connectivity index (χ3n) is 2.40. The molecular weight excluding hydrogens is 190 g/mol. The number of hydrogen-bond donors (Lipinski definition) is 0. The Morgan fingerprint density at radius 2 is 1.67 bits per heavy atom. The summed E-state index contributed by atoms with van der Waals surface area (Å²) >= 11 is 0. The third-order valence-corrected chi connectivity index (χ3v) is 2.40. The van der Waals surface area contributed by atoms with E-state index in [9.17, 15) is 9.59 Å². The molecule has 0 N–H and O–H groups in total. The molecule has 0 spiro atoms. The van der Waals surface area contributed by atoms with E-state index in [2.05, 4.69) is 0 Å². The number of anilines is 1. The Balaban J connectivity index is 3.25. The van der Waals surface area contributed by atoms with E-state index in [4.69, 9.17) is 0 Å². The normalized spacial score (nSPS) is 9.87. The van der Waals surface area contributed by atoms with Crippen molar-refractivity contribution in [3.8, 4) is 0 Å². The molecule has 1 aromatic carbocycles. The van der Waals surface area contributed by atoms with Gasteiger partial charge in [-0.3, -0.25) is 9.59 Å². The van der Waals surface area contributed by atoms with Crippen LogP contribution in [-0.4, -0.2) is 19.2 Å². The standard InChI is InChI=1S/C12H15NO2/c1-8-5-9(2)12(10(3)6-8)13(4)11(15)7-14/h5-7H,1-4H3. The van der Waals surface area contributed by atoms with Crippen molar-refractivity contribution < 1.29 is 9.59 Å². The van der Waals surface area contributed by atoms with Crippen LogP contribution in [0.25, 0.3) is 0 Å². The highest BCUT2D eigenvalue weighted by atomic mass is 16.2. The van der Waals surface area contributed by atoms with Crippen LogP contribution in [0.4, 0.5) is 5.69 Å². The van der Waals surface area contributed by atoms with Gasteiger partial charge in [0.05, 0.1) is 0 Å². The van der Waals surface area contributed by atoms with Crippen LogP contribution in [0.1, 0.15) is 16.7 Å². The molecule has 3 nitrogen and oxygen atoms in total. The van der Waals surface area contributed by atoms with Crippen LogP contribution in [0.3, 0.4) is 0 Å². The molecule has 0 aliphatic heterocycles. The summed E-state index contributed by atoms with van der Waals surface area (Å²) in [6, 6.07) is 3.99. The van der Waals surface area contributed by atoms with Crippen LogP contribution in [0, 0.1) is 20.8 Å². The lowest BCUT2D eigenvalue weighted by Gasteiger charge is -2.20. The first-order chi connectivity index (χ1) is 6.97. The molecule has 0 saturated heterocycles. The highest BCUT2D eigenvalue weighted by molar-refractivity contribution is 6.30. The van der Waals surface area contributed by atoms with Crippen LogP contribution in [0.15, 0.2) is 12.1 Å². The predicted molar refractivity (Wildman–Crippen MR) is 60.1 cm³/mol. The van der Waals surface area contributed by atoms with Gasteiger partial charge in [0.2, 0.25) is 6.29 Å². The van der Waals surface area contributed by atoms with E-state index >= 15 is 0 Å². The molecule has 0 bridgehead atoms. The summed E-state index contributed by atoms with van der Waals surface area (Å²) in [6.45, 7) is 5.87. The fourth-order valence-electron chi connectivity index (χ4n) is 1.89. The SMILES string of the molecule is Cc1cc(C)c(N(C)C(=O)C=O)c(C)c1. The first-order valence-electron chi connectivity index (χ1n) is 4.78. The van der Waals surface area contributed by atoms with Crippen molar-refractivity contribution in [2.75, 3.05) is 11.9 Å². The average molecular weight is 205 g/mol. The molecule has 0 aliphatic rings. The molecule has 0 saturated carbocycles. The molecule has 1 aromatic rings. The van der Waals surface area contributed by atoms with E-state index in [-0.39, 0.29) is 0 Å². The van der Waals surface area contributed by atoms with Gasteiger partial charge in [0.15, 0.2) is 0 Å². The lowest BCUT2D eigenvalue weighted by molar-refractivity contribution is -0.129. The van der Waals surface area contributed by atoms with E-state index in [1.54, 1.807) is 7.05 Å². The number of nitrogens with zero attached hydrogens (tertiary/aromatic N) is 1. The maximum Gasteiger partial charge on any atom is 0.290 e. The fraction of sp³-hybridized carbons (Fsp3) is 0.333. The highest BCUT2D eigenvalue weighted by Crippen LogP contribution is 2.25. The van der Waals surface area contributed by atoms with Crippen molar-refractivity contribution in [2.24, 2.45) is 0 Å². The maximum atomic E-state index is 11.3. The van der Waals surface area contributed by atoms with Crippen molar-refractivity contribution in [2.45, 2.75) is 20.8 Å². The number of aldehydes is 1. The van der Waals surface area contributed by atoms with E-state index in [0.717, 1.165) is 22.4 Å². The number of aryl methyl sites for hydroxylation is 3. The molecule has 1 rings (SSSR count). The van der Waals surface area contributed by atoms with E-state index < -0.39 is 5.91 Å². The average Bonchev–Trinajstić information content (AvgIpc) is 2.14. The molecule has 0 aliphatic carbocycles. The molecule has 0 aromatic heterocycles. The van der Waals surface area contributed by atoms with Gasteiger partial charge in [-0.2, -0.15) is 0 Å². The summed E-state index contributed by atoms with van der Waals surface area (Å²) in [5, 5.41) is 0. The van der Waals surface area contributed by atoms with E-state index in [0.29, 0.717) is 6.29 Å². The highest BCUT2D eigenvalue weighted by Gasteiger charge is 2.14. The number of carbonyl (C=O) groups is 2. The van der Waals surface area contributed by atoms with Gasteiger partial charge in [-0.25, -0.2) is 0 Å². The Morgan fingerprint density at radius 3 is 2.07 bits per heavy atom. The smallest absolute Gasteiger partial charge is 0.290 e. The summed E-state index contributed by atoms with van der Waals surface area (Å²) in [6.07, 6.45) is 0.332. The van der Waals surface area contributed by atoms with Gasteiger partial charge in [-0.1, -0.05) is 17.7 Å². The lowest BCUT2D eigenvalue weighted by Crippen LogP contribution is -2.28. The molecule has 0 heterocycles. The van der Waals surface area contributed by atoms with E-state index in [1.807, 2.05) is 32.9 Å². The van der Waals surface area contributed by atoms with Gasteiger partial charge in [-0.05, 0) is 31.9 Å². The molecule has 1 amide bonds. The Kier molecular flexibility index (Phi) is 3.24. The van der Waals surface area contributed by atoms with Crippen LogP contribution in [0.2, 0.25) is 0 Å². The zero-order valence-corrected chi connectivity index (χ0v) is 9.50. The summed E-state index contributed by atoms with van der Waals surface area (Å²) in [7, 11) is 1.61. The van der Waals surface area contributed by atoms with Crippen molar-refractivity contribution in [3.63, 3.8) is 0 Å². The molecule has 3 heteroatoms. The maximum absolute atomic E-state index is 11.3. The second-order valence-electron chi connectivity index (χ2n) is 3.76.